The lowest BCUT2D eigenvalue weighted by atomic mass is 10.1. The third-order valence-corrected chi connectivity index (χ3v) is 1.91. The highest BCUT2D eigenvalue weighted by Crippen LogP contribution is 2.16. The second-order valence-electron chi connectivity index (χ2n) is 2.78. The van der Waals surface area contributed by atoms with Crippen LogP contribution >= 0.6 is 12.2 Å². The molecule has 0 atom stereocenters. The minimum absolute atomic E-state index is 0.301. The minimum Gasteiger partial charge on any atom is -0.409 e. The maximum Gasteiger partial charge on any atom is 0.284 e. The average Bonchev–Trinajstić information content (AvgIpc) is 2.69. The van der Waals surface area contributed by atoms with Crippen molar-refractivity contribution in [2.75, 3.05) is 0 Å². The summed E-state index contributed by atoms with van der Waals surface area (Å²) in [6.07, 6.45) is 0. The summed E-state index contributed by atoms with van der Waals surface area (Å²) in [5.74, 6) is 0.532. The van der Waals surface area contributed by atoms with E-state index in [-0.39, 0.29) is 0 Å². The van der Waals surface area contributed by atoms with Gasteiger partial charge in [0.25, 0.3) is 4.84 Å². The molecule has 0 saturated heterocycles. The number of hydrogen-bond donors (Lipinski definition) is 1. The van der Waals surface area contributed by atoms with E-state index in [0.717, 1.165) is 5.56 Å². The van der Waals surface area contributed by atoms with Crippen LogP contribution in [0.25, 0.3) is 11.5 Å². The van der Waals surface area contributed by atoms with E-state index in [9.17, 15) is 0 Å². The monoisotopic (exact) mass is 222 g/mol. The summed E-state index contributed by atoms with van der Waals surface area (Å²) in [6, 6.07) is 7.90. The summed E-state index contributed by atoms with van der Waals surface area (Å²) < 4.78 is 5.16. The SMILES string of the molecule is CC.Cc1ccc(-c2n[nH]c(=S)o2)cc1. The standard InChI is InChI=1S/C9H8N2OS.C2H6/c1-6-2-4-7(5-3-6)8-10-11-9(13)12-8;1-2/h2-5H,1H3,(H,11,13);1-2H3. The van der Waals surface area contributed by atoms with Crippen LogP contribution in [0, 0.1) is 11.8 Å². The first-order chi connectivity index (χ1) is 7.25. The fraction of sp³-hybridized carbons (Fsp3) is 0.273. The van der Waals surface area contributed by atoms with Gasteiger partial charge in [0.15, 0.2) is 0 Å². The first kappa shape index (κ1) is 11.7. The summed E-state index contributed by atoms with van der Waals surface area (Å²) in [5.41, 5.74) is 2.14. The van der Waals surface area contributed by atoms with Gasteiger partial charge in [0, 0.05) is 5.56 Å². The lowest BCUT2D eigenvalue weighted by Gasteiger charge is -1.94. The second-order valence-corrected chi connectivity index (χ2v) is 3.16. The second kappa shape index (κ2) is 5.46. The maximum atomic E-state index is 5.16. The normalized spacial score (nSPS) is 9.27. The first-order valence-electron chi connectivity index (χ1n) is 4.88. The number of rotatable bonds is 1. The highest BCUT2D eigenvalue weighted by Gasteiger charge is 2.01. The quantitative estimate of drug-likeness (QED) is 0.747. The molecular formula is C11H14N2OS. The molecule has 0 fully saturated rings. The molecule has 1 heterocycles. The number of aromatic amines is 1. The molecule has 0 saturated carbocycles. The van der Waals surface area contributed by atoms with Gasteiger partial charge in [0.05, 0.1) is 0 Å². The Bertz CT molecular complexity index is 456. The minimum atomic E-state index is 0.301. The lowest BCUT2D eigenvalue weighted by molar-refractivity contribution is 0.552. The molecule has 0 radical (unpaired) electrons. The van der Waals surface area contributed by atoms with E-state index in [2.05, 4.69) is 10.2 Å². The molecule has 0 aliphatic heterocycles. The highest BCUT2D eigenvalue weighted by molar-refractivity contribution is 7.71. The number of aromatic nitrogens is 2. The van der Waals surface area contributed by atoms with Crippen LogP contribution in [0.2, 0.25) is 0 Å². The molecular weight excluding hydrogens is 208 g/mol. The average molecular weight is 222 g/mol. The van der Waals surface area contributed by atoms with E-state index in [0.29, 0.717) is 10.7 Å². The molecule has 0 aliphatic rings. The highest BCUT2D eigenvalue weighted by atomic mass is 32.1. The molecule has 0 bridgehead atoms. The fourth-order valence-corrected chi connectivity index (χ4v) is 1.17. The number of nitrogens with zero attached hydrogens (tertiary/aromatic N) is 1. The van der Waals surface area contributed by atoms with Crippen LogP contribution in [0.15, 0.2) is 28.7 Å². The molecule has 0 amide bonds. The molecule has 3 nitrogen and oxygen atoms in total. The van der Waals surface area contributed by atoms with Crippen molar-refractivity contribution in [3.63, 3.8) is 0 Å². The molecule has 4 heteroatoms. The largest absolute Gasteiger partial charge is 0.409 e. The molecule has 1 N–H and O–H groups in total. The first-order valence-corrected chi connectivity index (χ1v) is 5.29. The Hall–Kier alpha value is -1.42. The van der Waals surface area contributed by atoms with Crippen LogP contribution in [-0.2, 0) is 0 Å². The van der Waals surface area contributed by atoms with E-state index < -0.39 is 0 Å². The van der Waals surface area contributed by atoms with Gasteiger partial charge < -0.3 is 4.42 Å². The molecule has 0 spiro atoms. The Balaban J connectivity index is 0.000000531. The van der Waals surface area contributed by atoms with Crippen molar-refractivity contribution >= 4 is 12.2 Å². The molecule has 15 heavy (non-hydrogen) atoms. The Morgan fingerprint density at radius 3 is 2.27 bits per heavy atom. The number of hydrogen-bond acceptors (Lipinski definition) is 3. The van der Waals surface area contributed by atoms with E-state index in [1.54, 1.807) is 0 Å². The van der Waals surface area contributed by atoms with Gasteiger partial charge in [-0.05, 0) is 31.3 Å². The third-order valence-electron chi connectivity index (χ3n) is 1.74. The lowest BCUT2D eigenvalue weighted by Crippen LogP contribution is -1.77. The number of aryl methyl sites for hydroxylation is 1. The van der Waals surface area contributed by atoms with Gasteiger partial charge >= 0.3 is 0 Å². The van der Waals surface area contributed by atoms with Gasteiger partial charge in [-0.3, -0.25) is 0 Å². The van der Waals surface area contributed by atoms with Crippen molar-refractivity contribution in [1.29, 1.82) is 0 Å². The molecule has 1 aromatic heterocycles. The summed E-state index contributed by atoms with van der Waals surface area (Å²) in [7, 11) is 0. The Morgan fingerprint density at radius 1 is 1.20 bits per heavy atom. The summed E-state index contributed by atoms with van der Waals surface area (Å²) in [4.78, 5) is 0.301. The van der Waals surface area contributed by atoms with Crippen LogP contribution < -0.4 is 0 Å². The van der Waals surface area contributed by atoms with Gasteiger partial charge in [0.2, 0.25) is 5.89 Å². The Kier molecular flexibility index (Phi) is 4.24. The fourth-order valence-electron chi connectivity index (χ4n) is 1.05. The third kappa shape index (κ3) is 3.02. The Labute approximate surface area is 94.2 Å². The molecule has 0 unspecified atom stereocenters. The van der Waals surface area contributed by atoms with Crippen molar-refractivity contribution in [2.45, 2.75) is 20.8 Å². The zero-order valence-corrected chi connectivity index (χ0v) is 9.89. The molecule has 2 aromatic rings. The zero-order chi connectivity index (χ0) is 11.3. The van der Waals surface area contributed by atoms with Crippen molar-refractivity contribution in [1.82, 2.24) is 10.2 Å². The summed E-state index contributed by atoms with van der Waals surface area (Å²) >= 11 is 4.77. The molecule has 1 aromatic carbocycles. The van der Waals surface area contributed by atoms with Gasteiger partial charge in [-0.2, -0.15) is 0 Å². The van der Waals surface area contributed by atoms with Gasteiger partial charge in [-0.15, -0.1) is 5.10 Å². The Morgan fingerprint density at radius 2 is 1.80 bits per heavy atom. The van der Waals surface area contributed by atoms with E-state index in [4.69, 9.17) is 16.6 Å². The smallest absolute Gasteiger partial charge is 0.284 e. The maximum absolute atomic E-state index is 5.16. The van der Waals surface area contributed by atoms with Crippen molar-refractivity contribution < 1.29 is 4.42 Å². The molecule has 80 valence electrons. The number of nitrogens with one attached hydrogen (secondary N) is 1. The molecule has 2 rings (SSSR count). The molecule has 0 aliphatic carbocycles. The van der Waals surface area contributed by atoms with Crippen LogP contribution in [0.5, 0.6) is 0 Å². The van der Waals surface area contributed by atoms with Gasteiger partial charge in [-0.1, -0.05) is 31.5 Å². The summed E-state index contributed by atoms with van der Waals surface area (Å²) in [6.45, 7) is 6.03. The van der Waals surface area contributed by atoms with Crippen LogP contribution in [0.3, 0.4) is 0 Å². The van der Waals surface area contributed by atoms with E-state index in [1.807, 2.05) is 45.0 Å². The van der Waals surface area contributed by atoms with E-state index >= 15 is 0 Å². The van der Waals surface area contributed by atoms with Crippen molar-refractivity contribution in [3.8, 4) is 11.5 Å². The van der Waals surface area contributed by atoms with Crippen molar-refractivity contribution in [3.05, 3.63) is 34.7 Å². The van der Waals surface area contributed by atoms with Crippen LogP contribution in [-0.4, -0.2) is 10.2 Å². The number of H-pyrrole nitrogens is 1. The topological polar surface area (TPSA) is 41.8 Å². The predicted molar refractivity (Wildman–Crippen MR) is 63.2 cm³/mol. The van der Waals surface area contributed by atoms with Gasteiger partial charge in [0.1, 0.15) is 0 Å². The van der Waals surface area contributed by atoms with Crippen molar-refractivity contribution in [2.24, 2.45) is 0 Å². The summed E-state index contributed by atoms with van der Waals surface area (Å²) in [5, 5.41) is 6.50. The van der Waals surface area contributed by atoms with Gasteiger partial charge in [-0.25, -0.2) is 5.10 Å². The predicted octanol–water partition coefficient (Wildman–Crippen LogP) is 3.73. The zero-order valence-electron chi connectivity index (χ0n) is 9.07. The van der Waals surface area contributed by atoms with Crippen LogP contribution in [0.4, 0.5) is 0 Å². The van der Waals surface area contributed by atoms with E-state index in [1.165, 1.54) is 5.56 Å². The number of benzene rings is 1. The van der Waals surface area contributed by atoms with Crippen LogP contribution in [0.1, 0.15) is 19.4 Å².